The summed E-state index contributed by atoms with van der Waals surface area (Å²) in [5, 5.41) is 8.39. The number of sulfone groups is 1. The lowest BCUT2D eigenvalue weighted by molar-refractivity contribution is 0.413. The zero-order valence-electron chi connectivity index (χ0n) is 16.8. The number of rotatable bonds is 8. The fourth-order valence-electron chi connectivity index (χ4n) is 3.92. The molecule has 0 saturated heterocycles. The van der Waals surface area contributed by atoms with Crippen LogP contribution in [0.2, 0.25) is 0 Å². The van der Waals surface area contributed by atoms with Gasteiger partial charge in [-0.05, 0) is 42.9 Å². The third-order valence-electron chi connectivity index (χ3n) is 5.21. The minimum Gasteiger partial charge on any atom is -0.497 e. The summed E-state index contributed by atoms with van der Waals surface area (Å²) in [5.41, 5.74) is 7.04. The highest BCUT2D eigenvalue weighted by Gasteiger charge is 2.32. The van der Waals surface area contributed by atoms with Crippen LogP contribution in [-0.4, -0.2) is 30.3 Å². The highest BCUT2D eigenvalue weighted by molar-refractivity contribution is 7.90. The van der Waals surface area contributed by atoms with E-state index in [0.29, 0.717) is 23.1 Å². The predicted molar refractivity (Wildman–Crippen MR) is 108 cm³/mol. The highest BCUT2D eigenvalue weighted by atomic mass is 32.2. The minimum atomic E-state index is -3.67. The molecule has 0 unspecified atom stereocenters. The van der Waals surface area contributed by atoms with Gasteiger partial charge < -0.3 is 10.5 Å². The standard InChI is InChI=1S/C20H30N4O3S/c1-14(2)11-18(21)19-22-23-20(24(19)16-8-4-5-9-16)28(25,26)13-15-7-6-10-17(12-15)27-3/h6-7,10,12,14,16,18H,4-5,8-9,11,13,21H2,1-3H3/t18-/m0/s1. The van der Waals surface area contributed by atoms with Gasteiger partial charge in [0.1, 0.15) is 5.75 Å². The van der Waals surface area contributed by atoms with Crippen LogP contribution in [0.4, 0.5) is 0 Å². The van der Waals surface area contributed by atoms with Gasteiger partial charge in [0.15, 0.2) is 5.82 Å². The van der Waals surface area contributed by atoms with Gasteiger partial charge >= 0.3 is 0 Å². The molecule has 0 spiro atoms. The molecule has 1 aromatic heterocycles. The Labute approximate surface area is 167 Å². The topological polar surface area (TPSA) is 100 Å². The zero-order chi connectivity index (χ0) is 20.3. The number of nitrogens with zero attached hydrogens (tertiary/aromatic N) is 3. The van der Waals surface area contributed by atoms with Gasteiger partial charge in [-0.1, -0.05) is 38.8 Å². The Morgan fingerprint density at radius 1 is 1.25 bits per heavy atom. The maximum Gasteiger partial charge on any atom is 0.250 e. The Kier molecular flexibility index (Phi) is 6.40. The third kappa shape index (κ3) is 4.55. The van der Waals surface area contributed by atoms with Crippen molar-refractivity contribution >= 4 is 9.84 Å². The van der Waals surface area contributed by atoms with Crippen LogP contribution in [0.15, 0.2) is 29.4 Å². The van der Waals surface area contributed by atoms with Crippen molar-refractivity contribution in [3.05, 3.63) is 35.7 Å². The van der Waals surface area contributed by atoms with Gasteiger partial charge in [-0.3, -0.25) is 4.57 Å². The Hall–Kier alpha value is -1.93. The summed E-state index contributed by atoms with van der Waals surface area (Å²) in [6.07, 6.45) is 4.76. The number of hydrogen-bond acceptors (Lipinski definition) is 6. The molecule has 1 saturated carbocycles. The Morgan fingerprint density at radius 2 is 1.96 bits per heavy atom. The maximum absolute atomic E-state index is 13.2. The van der Waals surface area contributed by atoms with Gasteiger partial charge in [0.2, 0.25) is 15.0 Å². The van der Waals surface area contributed by atoms with Gasteiger partial charge in [0.05, 0.1) is 18.9 Å². The molecule has 1 aromatic carbocycles. The van der Waals surface area contributed by atoms with E-state index in [2.05, 4.69) is 24.0 Å². The van der Waals surface area contributed by atoms with Crippen molar-refractivity contribution < 1.29 is 13.2 Å². The summed E-state index contributed by atoms with van der Waals surface area (Å²) < 4.78 is 33.5. The second-order valence-corrected chi connectivity index (χ2v) is 9.88. The molecule has 7 nitrogen and oxygen atoms in total. The first-order valence-corrected chi connectivity index (χ1v) is 11.5. The SMILES string of the molecule is COc1cccc(CS(=O)(=O)c2nnc([C@@H](N)CC(C)C)n2C2CCCC2)c1. The van der Waals surface area contributed by atoms with Gasteiger partial charge in [0, 0.05) is 6.04 Å². The summed E-state index contributed by atoms with van der Waals surface area (Å²) in [6, 6.07) is 6.86. The van der Waals surface area contributed by atoms with Crippen molar-refractivity contribution in [1.29, 1.82) is 0 Å². The molecule has 1 atom stereocenters. The number of hydrogen-bond donors (Lipinski definition) is 1. The average molecular weight is 407 g/mol. The van der Waals surface area contributed by atoms with Crippen LogP contribution in [0, 0.1) is 5.92 Å². The van der Waals surface area contributed by atoms with Crippen molar-refractivity contribution in [2.24, 2.45) is 11.7 Å². The van der Waals surface area contributed by atoms with E-state index in [4.69, 9.17) is 10.5 Å². The summed E-state index contributed by atoms with van der Waals surface area (Å²) in [6.45, 7) is 4.19. The molecule has 0 amide bonds. The molecule has 0 bridgehead atoms. The molecule has 1 aliphatic rings. The van der Waals surface area contributed by atoms with Crippen LogP contribution in [0.25, 0.3) is 0 Å². The zero-order valence-corrected chi connectivity index (χ0v) is 17.7. The molecule has 2 aromatic rings. The smallest absolute Gasteiger partial charge is 0.250 e. The molecule has 154 valence electrons. The molecule has 1 fully saturated rings. The number of nitrogens with two attached hydrogens (primary N) is 1. The Balaban J connectivity index is 1.98. The highest BCUT2D eigenvalue weighted by Crippen LogP contribution is 2.35. The molecule has 8 heteroatoms. The lowest BCUT2D eigenvalue weighted by Gasteiger charge is -2.21. The minimum absolute atomic E-state index is 0.0384. The molecule has 2 N–H and O–H groups in total. The van der Waals surface area contributed by atoms with Gasteiger partial charge in [0.25, 0.3) is 0 Å². The van der Waals surface area contributed by atoms with E-state index >= 15 is 0 Å². The van der Waals surface area contributed by atoms with Crippen LogP contribution < -0.4 is 10.5 Å². The number of benzene rings is 1. The molecular weight excluding hydrogens is 376 g/mol. The number of methoxy groups -OCH3 is 1. The third-order valence-corrected chi connectivity index (χ3v) is 6.75. The van der Waals surface area contributed by atoms with Crippen LogP contribution in [0.3, 0.4) is 0 Å². The average Bonchev–Trinajstić information content (AvgIpc) is 3.30. The van der Waals surface area contributed by atoms with Gasteiger partial charge in [-0.15, -0.1) is 10.2 Å². The maximum atomic E-state index is 13.2. The first-order valence-electron chi connectivity index (χ1n) is 9.88. The van der Waals surface area contributed by atoms with Crippen molar-refractivity contribution in [1.82, 2.24) is 14.8 Å². The molecule has 3 rings (SSSR count). The summed E-state index contributed by atoms with van der Waals surface area (Å²) >= 11 is 0. The second kappa shape index (κ2) is 8.61. The van der Waals surface area contributed by atoms with E-state index in [-0.39, 0.29) is 23.0 Å². The Morgan fingerprint density at radius 3 is 2.61 bits per heavy atom. The van der Waals surface area contributed by atoms with E-state index in [0.717, 1.165) is 32.1 Å². The normalized spacial score (nSPS) is 16.6. The van der Waals surface area contributed by atoms with Crippen molar-refractivity contribution in [2.45, 2.75) is 68.9 Å². The van der Waals surface area contributed by atoms with E-state index in [1.165, 1.54) is 0 Å². The van der Waals surface area contributed by atoms with E-state index in [1.807, 2.05) is 4.57 Å². The second-order valence-electron chi connectivity index (χ2n) is 8.00. The predicted octanol–water partition coefficient (Wildman–Crippen LogP) is 3.42. The summed E-state index contributed by atoms with van der Waals surface area (Å²) in [7, 11) is -2.11. The molecule has 1 aliphatic carbocycles. The summed E-state index contributed by atoms with van der Waals surface area (Å²) in [4.78, 5) is 0. The first-order chi connectivity index (χ1) is 13.3. The van der Waals surface area contributed by atoms with Crippen LogP contribution in [0.5, 0.6) is 5.75 Å². The molecule has 0 radical (unpaired) electrons. The lowest BCUT2D eigenvalue weighted by atomic mass is 10.0. The Bertz CT molecular complexity index is 902. The molecule has 28 heavy (non-hydrogen) atoms. The van der Waals surface area contributed by atoms with E-state index < -0.39 is 9.84 Å². The lowest BCUT2D eigenvalue weighted by Crippen LogP contribution is -2.23. The van der Waals surface area contributed by atoms with Crippen molar-refractivity contribution in [3.63, 3.8) is 0 Å². The van der Waals surface area contributed by atoms with Crippen LogP contribution in [0.1, 0.15) is 69.4 Å². The first kappa shape index (κ1) is 20.8. The fraction of sp³-hybridized carbons (Fsp3) is 0.600. The fourth-order valence-corrected chi connectivity index (χ4v) is 5.37. The monoisotopic (exact) mass is 406 g/mol. The largest absolute Gasteiger partial charge is 0.497 e. The summed E-state index contributed by atoms with van der Waals surface area (Å²) in [5.74, 6) is 1.46. The van der Waals surface area contributed by atoms with Gasteiger partial charge in [-0.25, -0.2) is 8.42 Å². The van der Waals surface area contributed by atoms with Crippen molar-refractivity contribution in [2.75, 3.05) is 7.11 Å². The van der Waals surface area contributed by atoms with Crippen LogP contribution >= 0.6 is 0 Å². The van der Waals surface area contributed by atoms with E-state index in [1.54, 1.807) is 31.4 Å². The van der Waals surface area contributed by atoms with Crippen molar-refractivity contribution in [3.8, 4) is 5.75 Å². The number of aromatic nitrogens is 3. The quantitative estimate of drug-likeness (QED) is 0.721. The van der Waals surface area contributed by atoms with Gasteiger partial charge in [-0.2, -0.15) is 0 Å². The molecule has 0 aliphatic heterocycles. The molecule has 1 heterocycles. The van der Waals surface area contributed by atoms with E-state index in [9.17, 15) is 8.42 Å². The molecular formula is C20H30N4O3S. The van der Waals surface area contributed by atoms with Crippen LogP contribution in [-0.2, 0) is 15.6 Å². The number of ether oxygens (including phenoxy) is 1.